The molecule has 1 atom stereocenters. The summed E-state index contributed by atoms with van der Waals surface area (Å²) >= 11 is 2.08. The third-order valence-corrected chi connectivity index (χ3v) is 6.93. The van der Waals surface area contributed by atoms with Gasteiger partial charge in [0.25, 0.3) is 0 Å². The van der Waals surface area contributed by atoms with Crippen molar-refractivity contribution in [3.8, 4) is 0 Å². The molecule has 1 N–H and O–H groups in total. The lowest BCUT2D eigenvalue weighted by Crippen LogP contribution is -2.60. The van der Waals surface area contributed by atoms with Crippen molar-refractivity contribution in [1.29, 1.82) is 0 Å². The van der Waals surface area contributed by atoms with Gasteiger partial charge in [-0.3, -0.25) is 9.89 Å². The summed E-state index contributed by atoms with van der Waals surface area (Å²) in [7, 11) is 1.90. The van der Waals surface area contributed by atoms with Crippen molar-refractivity contribution in [3.05, 3.63) is 29.8 Å². The number of halogens is 1. The monoisotopic (exact) mass is 488 g/mol. The van der Waals surface area contributed by atoms with E-state index in [4.69, 9.17) is 4.74 Å². The molecule has 26 heavy (non-hydrogen) atoms. The molecule has 0 amide bonds. The Kier molecular flexibility index (Phi) is 7.10. The zero-order chi connectivity index (χ0) is 17.1. The molecule has 0 radical (unpaired) electrons. The Hall–Kier alpha value is -0.510. The van der Waals surface area contributed by atoms with Gasteiger partial charge in [-0.15, -0.1) is 24.0 Å². The Morgan fingerprint density at radius 1 is 1.27 bits per heavy atom. The molecular weight excluding hydrogens is 459 g/mol. The number of rotatable bonds is 3. The summed E-state index contributed by atoms with van der Waals surface area (Å²) in [5.41, 5.74) is 2.96. The number of aliphatic imine (C=N–C) groups is 1. The first-order valence-electron chi connectivity index (χ1n) is 9.29. The highest BCUT2D eigenvalue weighted by Crippen LogP contribution is 2.34. The number of hydrogen-bond acceptors (Lipinski definition) is 4. The first kappa shape index (κ1) is 20.2. The van der Waals surface area contributed by atoms with Crippen molar-refractivity contribution in [2.75, 3.05) is 62.8 Å². The summed E-state index contributed by atoms with van der Waals surface area (Å²) in [6, 6.07) is 8.68. The number of morpholine rings is 1. The predicted molar refractivity (Wildman–Crippen MR) is 121 cm³/mol. The van der Waals surface area contributed by atoms with Crippen LogP contribution in [0.5, 0.6) is 0 Å². The van der Waals surface area contributed by atoms with Gasteiger partial charge in [0.1, 0.15) is 0 Å². The van der Waals surface area contributed by atoms with Crippen LogP contribution in [-0.2, 0) is 11.2 Å². The summed E-state index contributed by atoms with van der Waals surface area (Å²) in [6.07, 6.45) is 2.35. The average molecular weight is 488 g/mol. The van der Waals surface area contributed by atoms with Gasteiger partial charge in [0.15, 0.2) is 5.96 Å². The van der Waals surface area contributed by atoms with Crippen LogP contribution in [0.3, 0.4) is 0 Å². The highest BCUT2D eigenvalue weighted by molar-refractivity contribution is 14.0. The number of para-hydroxylation sites is 1. The van der Waals surface area contributed by atoms with Crippen LogP contribution >= 0.6 is 35.7 Å². The molecule has 3 heterocycles. The quantitative estimate of drug-likeness (QED) is 0.402. The number of nitrogens with one attached hydrogen (secondary N) is 1. The van der Waals surface area contributed by atoms with Gasteiger partial charge in [0, 0.05) is 50.2 Å². The third-order valence-electron chi connectivity index (χ3n) is 5.69. The van der Waals surface area contributed by atoms with E-state index in [1.807, 2.05) is 7.05 Å². The van der Waals surface area contributed by atoms with Gasteiger partial charge in [-0.05, 0) is 30.2 Å². The maximum absolute atomic E-state index is 5.57. The van der Waals surface area contributed by atoms with Crippen molar-refractivity contribution in [3.63, 3.8) is 0 Å². The van der Waals surface area contributed by atoms with Crippen molar-refractivity contribution in [1.82, 2.24) is 10.2 Å². The Labute approximate surface area is 178 Å². The molecule has 4 rings (SSSR count). The average Bonchev–Trinajstić information content (AvgIpc) is 3.32. The minimum Gasteiger partial charge on any atom is -0.379 e. The molecule has 0 aliphatic carbocycles. The van der Waals surface area contributed by atoms with Crippen LogP contribution in [-0.4, -0.2) is 74.3 Å². The predicted octanol–water partition coefficient (Wildman–Crippen LogP) is 2.45. The molecule has 0 spiro atoms. The van der Waals surface area contributed by atoms with Crippen LogP contribution in [0.1, 0.15) is 12.0 Å². The molecular formula is C19H29IN4OS. The minimum absolute atomic E-state index is 0. The van der Waals surface area contributed by atoms with Crippen LogP contribution in [0.15, 0.2) is 29.3 Å². The van der Waals surface area contributed by atoms with Gasteiger partial charge >= 0.3 is 0 Å². The molecule has 2 fully saturated rings. The van der Waals surface area contributed by atoms with Gasteiger partial charge in [-0.2, -0.15) is 11.8 Å². The van der Waals surface area contributed by atoms with E-state index in [1.54, 1.807) is 0 Å². The SMILES string of the molecule is CN=C(NCC1(N2CCOCC2)CCSC1)N1CCc2ccccc21.I. The molecule has 3 aliphatic rings. The van der Waals surface area contributed by atoms with Gasteiger partial charge in [0.2, 0.25) is 0 Å². The number of thioether (sulfide) groups is 1. The van der Waals surface area contributed by atoms with E-state index in [1.165, 1.54) is 29.2 Å². The van der Waals surface area contributed by atoms with E-state index in [0.29, 0.717) is 0 Å². The second kappa shape index (κ2) is 9.12. The first-order valence-corrected chi connectivity index (χ1v) is 10.4. The summed E-state index contributed by atoms with van der Waals surface area (Å²) in [4.78, 5) is 9.57. The number of benzene rings is 1. The topological polar surface area (TPSA) is 40.1 Å². The van der Waals surface area contributed by atoms with Crippen LogP contribution in [0, 0.1) is 0 Å². The van der Waals surface area contributed by atoms with Crippen LogP contribution in [0.4, 0.5) is 5.69 Å². The first-order chi connectivity index (χ1) is 12.3. The van der Waals surface area contributed by atoms with Gasteiger partial charge in [-0.1, -0.05) is 18.2 Å². The fraction of sp³-hybridized carbons (Fsp3) is 0.632. The Morgan fingerprint density at radius 3 is 2.81 bits per heavy atom. The number of ether oxygens (including phenoxy) is 1. The molecule has 5 nitrogen and oxygen atoms in total. The molecule has 2 saturated heterocycles. The van der Waals surface area contributed by atoms with Gasteiger partial charge in [0.05, 0.1) is 13.2 Å². The van der Waals surface area contributed by atoms with E-state index >= 15 is 0 Å². The van der Waals surface area contributed by atoms with Crippen molar-refractivity contribution >= 4 is 47.4 Å². The summed E-state index contributed by atoms with van der Waals surface area (Å²) in [5, 5.41) is 3.71. The Bertz CT molecular complexity index is 630. The van der Waals surface area contributed by atoms with E-state index < -0.39 is 0 Å². The number of guanidine groups is 1. The molecule has 1 unspecified atom stereocenters. The van der Waals surface area contributed by atoms with E-state index in [9.17, 15) is 0 Å². The second-order valence-corrected chi connectivity index (χ2v) is 8.16. The lowest BCUT2D eigenvalue weighted by atomic mass is 9.95. The fourth-order valence-electron chi connectivity index (χ4n) is 4.23. The number of fused-ring (bicyclic) bond motifs is 1. The molecule has 144 valence electrons. The van der Waals surface area contributed by atoms with Crippen LogP contribution < -0.4 is 10.2 Å². The molecule has 1 aromatic rings. The molecule has 0 bridgehead atoms. The molecule has 0 aromatic heterocycles. The molecule has 7 heteroatoms. The lowest BCUT2D eigenvalue weighted by Gasteiger charge is -2.43. The second-order valence-electron chi connectivity index (χ2n) is 7.06. The largest absolute Gasteiger partial charge is 0.379 e. The lowest BCUT2D eigenvalue weighted by molar-refractivity contribution is -0.0119. The fourth-order valence-corrected chi connectivity index (χ4v) is 5.71. The maximum atomic E-state index is 5.57. The van der Waals surface area contributed by atoms with E-state index in [2.05, 4.69) is 56.1 Å². The molecule has 3 aliphatic heterocycles. The summed E-state index contributed by atoms with van der Waals surface area (Å²) in [5.74, 6) is 3.46. The Balaban J connectivity index is 0.00000196. The minimum atomic E-state index is 0. The zero-order valence-corrected chi connectivity index (χ0v) is 18.6. The van der Waals surface area contributed by atoms with E-state index in [0.717, 1.165) is 51.8 Å². The number of hydrogen-bond donors (Lipinski definition) is 1. The maximum Gasteiger partial charge on any atom is 0.198 e. The third kappa shape index (κ3) is 4.00. The smallest absolute Gasteiger partial charge is 0.198 e. The standard InChI is InChI=1S/C19H28N4OS.HI/c1-20-18(23-8-6-16-4-2-3-5-17(16)23)21-14-19(7-13-25-15-19)22-9-11-24-12-10-22;/h2-5H,6-15H2,1H3,(H,20,21);1H. The number of anilines is 1. The van der Waals surface area contributed by atoms with Crippen LogP contribution in [0.2, 0.25) is 0 Å². The highest BCUT2D eigenvalue weighted by Gasteiger charge is 2.41. The Morgan fingerprint density at radius 2 is 2.08 bits per heavy atom. The zero-order valence-electron chi connectivity index (χ0n) is 15.4. The van der Waals surface area contributed by atoms with Gasteiger partial charge in [-0.25, -0.2) is 0 Å². The van der Waals surface area contributed by atoms with Gasteiger partial charge < -0.3 is 15.0 Å². The molecule has 1 aromatic carbocycles. The van der Waals surface area contributed by atoms with Crippen LogP contribution in [0.25, 0.3) is 0 Å². The normalized spacial score (nSPS) is 26.5. The van der Waals surface area contributed by atoms with Crippen molar-refractivity contribution in [2.45, 2.75) is 18.4 Å². The van der Waals surface area contributed by atoms with Crippen molar-refractivity contribution in [2.24, 2.45) is 4.99 Å². The summed E-state index contributed by atoms with van der Waals surface area (Å²) < 4.78 is 5.57. The molecule has 0 saturated carbocycles. The number of nitrogens with zero attached hydrogens (tertiary/aromatic N) is 3. The summed E-state index contributed by atoms with van der Waals surface area (Å²) in [6.45, 7) is 5.80. The van der Waals surface area contributed by atoms with E-state index in [-0.39, 0.29) is 29.5 Å². The van der Waals surface area contributed by atoms with Crippen molar-refractivity contribution < 1.29 is 4.74 Å². The highest BCUT2D eigenvalue weighted by atomic mass is 127.